The number of carbonyl (C=O) groups is 9. The summed E-state index contributed by atoms with van der Waals surface area (Å²) in [5, 5.41) is 35.7. The van der Waals surface area contributed by atoms with Gasteiger partial charge in [0.15, 0.2) is 5.96 Å². The minimum absolute atomic E-state index is 0.0237. The van der Waals surface area contributed by atoms with Gasteiger partial charge in [0, 0.05) is 33.0 Å². The molecule has 1 aromatic rings. The van der Waals surface area contributed by atoms with Crippen LogP contribution in [-0.2, 0) is 54.3 Å². The van der Waals surface area contributed by atoms with E-state index in [1.807, 2.05) is 43.3 Å². The summed E-state index contributed by atoms with van der Waals surface area (Å²) in [6.07, 6.45) is 4.80. The van der Waals surface area contributed by atoms with Crippen LogP contribution in [0.1, 0.15) is 93.1 Å². The van der Waals surface area contributed by atoms with Gasteiger partial charge in [-0.15, -0.1) is 0 Å². The molecule has 1 aliphatic rings. The van der Waals surface area contributed by atoms with Crippen molar-refractivity contribution in [3.8, 4) is 0 Å². The smallest absolute Gasteiger partial charge is 0.327 e. The third-order valence-electron chi connectivity index (χ3n) is 12.3. The quantitative estimate of drug-likeness (QED) is 0.0495. The average Bonchev–Trinajstić information content (AvgIpc) is 3.31. The van der Waals surface area contributed by atoms with Gasteiger partial charge < -0.3 is 63.2 Å². The molecule has 0 aromatic heterocycles. The monoisotopic (exact) mass is 997 g/mol. The Kier molecular flexibility index (Phi) is 24.9. The summed E-state index contributed by atoms with van der Waals surface area (Å²) >= 11 is 0. The number of likely N-dealkylation sites (N-methyl/N-ethyl adjacent to an activating group) is 1. The van der Waals surface area contributed by atoms with Crippen LogP contribution in [0.15, 0.2) is 59.1 Å². The summed E-state index contributed by atoms with van der Waals surface area (Å²) in [5.74, 6) is -12.1. The van der Waals surface area contributed by atoms with E-state index in [1.54, 1.807) is 34.0 Å². The highest BCUT2D eigenvalue weighted by Crippen LogP contribution is 2.19. The number of carboxylic acids is 2. The molecule has 0 aliphatic carbocycles. The molecule has 0 saturated carbocycles. The largest absolute Gasteiger partial charge is 0.480 e. The van der Waals surface area contributed by atoms with Crippen molar-refractivity contribution in [2.45, 2.75) is 142 Å². The van der Waals surface area contributed by atoms with Crippen LogP contribution >= 0.6 is 0 Å². The van der Waals surface area contributed by atoms with E-state index >= 15 is 0 Å². The molecule has 12 N–H and O–H groups in total. The molecular weight excluding hydrogens is 921 g/mol. The van der Waals surface area contributed by atoms with Crippen LogP contribution in [0.25, 0.3) is 0 Å². The molecule has 11 atom stereocenters. The molecule has 22 heteroatoms. The van der Waals surface area contributed by atoms with Crippen LogP contribution in [0.4, 0.5) is 0 Å². The van der Waals surface area contributed by atoms with Crippen molar-refractivity contribution >= 4 is 59.2 Å². The maximum Gasteiger partial charge on any atom is 0.327 e. The Morgan fingerprint density at radius 3 is 1.99 bits per heavy atom. The van der Waals surface area contributed by atoms with Crippen LogP contribution in [0.5, 0.6) is 0 Å². The fraction of sp³-hybridized carbons (Fsp3) is 0.592. The molecule has 2 rings (SSSR count). The van der Waals surface area contributed by atoms with Crippen LogP contribution in [0, 0.1) is 23.7 Å². The average molecular weight is 997 g/mol. The molecule has 1 aromatic carbocycles. The molecule has 394 valence electrons. The Balaban J connectivity index is 2.73. The van der Waals surface area contributed by atoms with Crippen molar-refractivity contribution in [3.63, 3.8) is 0 Å². The lowest BCUT2D eigenvalue weighted by Gasteiger charge is -2.28. The van der Waals surface area contributed by atoms with Crippen molar-refractivity contribution in [2.24, 2.45) is 40.1 Å². The van der Waals surface area contributed by atoms with Gasteiger partial charge in [0.25, 0.3) is 0 Å². The predicted octanol–water partition coefficient (Wildman–Crippen LogP) is 0.493. The number of guanidine groups is 1. The van der Waals surface area contributed by atoms with Crippen LogP contribution in [0.2, 0.25) is 0 Å². The molecular formula is C49H76N10O12. The van der Waals surface area contributed by atoms with Gasteiger partial charge in [-0.2, -0.15) is 0 Å². The van der Waals surface area contributed by atoms with Gasteiger partial charge in [0.1, 0.15) is 36.3 Å². The van der Waals surface area contributed by atoms with Crippen LogP contribution in [0.3, 0.4) is 0 Å². The van der Waals surface area contributed by atoms with Crippen molar-refractivity contribution < 1.29 is 58.1 Å². The second-order valence-corrected chi connectivity index (χ2v) is 18.6. The molecule has 7 amide bonds. The topological polar surface area (TPSA) is 343 Å². The zero-order chi connectivity index (χ0) is 53.7. The number of hydrogen-bond donors (Lipinski definition) is 10. The fourth-order valence-corrected chi connectivity index (χ4v) is 7.61. The Hall–Kier alpha value is -6.84. The SMILES string of the molecule is COC(Cc1ccccc1)C(C)/C=C(C)/C=C/C1NC(=O)C(CCCN=C(N)N)NC(=O)C(C)C(C(=O)O)NC(=O)C(CC(C)C)NC(=O)C(C)NC(=O)C(C)N(C)C(=O)CCC(C(=O)O)NC(=O)C1C. The molecule has 1 saturated heterocycles. The van der Waals surface area contributed by atoms with Gasteiger partial charge in [-0.25, -0.2) is 9.59 Å². The van der Waals surface area contributed by atoms with Gasteiger partial charge in [0.2, 0.25) is 41.4 Å². The maximum atomic E-state index is 14.4. The second kappa shape index (κ2) is 29.4. The Morgan fingerprint density at radius 2 is 1.41 bits per heavy atom. The number of amides is 7. The number of aliphatic carboxylic acids is 2. The predicted molar refractivity (Wildman–Crippen MR) is 265 cm³/mol. The molecule has 0 radical (unpaired) electrons. The molecule has 1 heterocycles. The zero-order valence-corrected chi connectivity index (χ0v) is 42.5. The summed E-state index contributed by atoms with van der Waals surface area (Å²) in [5.41, 5.74) is 12.8. The second-order valence-electron chi connectivity index (χ2n) is 18.6. The first-order valence-electron chi connectivity index (χ1n) is 23.8. The maximum absolute atomic E-state index is 14.4. The highest BCUT2D eigenvalue weighted by Gasteiger charge is 2.37. The number of carboxylic acid groups (broad SMARTS) is 2. The first-order valence-corrected chi connectivity index (χ1v) is 23.8. The Labute approximate surface area is 416 Å². The highest BCUT2D eigenvalue weighted by molar-refractivity contribution is 5.97. The van der Waals surface area contributed by atoms with Crippen molar-refractivity contribution in [3.05, 3.63) is 59.7 Å². The standard InChI is InChI=1S/C49H76N10O12/c1-26(2)23-37-46(66)58-40(48(69)70)30(6)42(62)55-35(17-14-22-52-49(50)51)45(65)54-34(19-18-27(3)24-28(4)38(71-10)25-33-15-12-11-13-16-33)29(5)41(61)56-36(47(67)68)20-21-39(60)59(9)32(8)44(64)53-31(7)43(63)57-37/h11-13,15-16,18-19,24,26,28-32,34-38,40H,14,17,20-23,25H2,1-10H3,(H,53,64)(H,54,65)(H,55,62)(H,56,61)(H,57,63)(H,58,66)(H,67,68)(H,69,70)(H4,50,51,52)/b19-18+,27-24+. The molecule has 0 bridgehead atoms. The van der Waals surface area contributed by atoms with Crippen molar-refractivity contribution in [1.82, 2.24) is 36.8 Å². The number of benzene rings is 1. The van der Waals surface area contributed by atoms with E-state index in [-0.39, 0.29) is 56.1 Å². The Bertz CT molecular complexity index is 2110. The van der Waals surface area contributed by atoms with E-state index in [1.165, 1.54) is 40.8 Å². The van der Waals surface area contributed by atoms with Gasteiger partial charge in [-0.3, -0.25) is 38.6 Å². The van der Waals surface area contributed by atoms with Gasteiger partial charge in [0.05, 0.1) is 24.0 Å². The number of nitrogens with two attached hydrogens (primary N) is 2. The number of allylic oxidation sites excluding steroid dienone is 2. The third-order valence-corrected chi connectivity index (χ3v) is 12.3. The van der Waals surface area contributed by atoms with E-state index in [4.69, 9.17) is 16.2 Å². The summed E-state index contributed by atoms with van der Waals surface area (Å²) in [4.78, 5) is 126. The number of carbonyl (C=O) groups excluding carboxylic acids is 7. The lowest BCUT2D eigenvalue weighted by molar-refractivity contribution is -0.146. The molecule has 1 fully saturated rings. The highest BCUT2D eigenvalue weighted by atomic mass is 16.5. The van der Waals surface area contributed by atoms with Crippen molar-refractivity contribution in [2.75, 3.05) is 20.7 Å². The van der Waals surface area contributed by atoms with E-state index in [9.17, 15) is 53.4 Å². The van der Waals surface area contributed by atoms with Gasteiger partial charge in [-0.05, 0) is 64.4 Å². The van der Waals surface area contributed by atoms with E-state index in [0.29, 0.717) is 12.0 Å². The number of nitrogens with zero attached hydrogens (tertiary/aromatic N) is 2. The Morgan fingerprint density at radius 1 is 0.803 bits per heavy atom. The molecule has 22 nitrogen and oxygen atoms in total. The molecule has 0 spiro atoms. The van der Waals surface area contributed by atoms with Crippen LogP contribution < -0.4 is 43.4 Å². The summed E-state index contributed by atoms with van der Waals surface area (Å²) in [6.45, 7) is 12.7. The first-order chi connectivity index (χ1) is 33.3. The number of nitrogens with one attached hydrogen (secondary N) is 6. The fourth-order valence-electron chi connectivity index (χ4n) is 7.61. The number of rotatable bonds is 15. The molecule has 11 unspecified atom stereocenters. The van der Waals surface area contributed by atoms with E-state index < -0.39 is 114 Å². The number of hydrogen-bond acceptors (Lipinski definition) is 11. The third kappa shape index (κ3) is 20.2. The summed E-state index contributed by atoms with van der Waals surface area (Å²) in [7, 11) is 2.93. The van der Waals surface area contributed by atoms with Crippen molar-refractivity contribution in [1.29, 1.82) is 0 Å². The lowest BCUT2D eigenvalue weighted by Crippen LogP contribution is -2.59. The normalized spacial score (nSPS) is 26.4. The summed E-state index contributed by atoms with van der Waals surface area (Å²) < 4.78 is 5.82. The molecule has 71 heavy (non-hydrogen) atoms. The lowest BCUT2D eigenvalue weighted by atomic mass is 9.94. The number of aliphatic imine (C=N–C) groups is 1. The van der Waals surface area contributed by atoms with Gasteiger partial charge in [-0.1, -0.05) is 88.8 Å². The van der Waals surface area contributed by atoms with Gasteiger partial charge >= 0.3 is 11.9 Å². The van der Waals surface area contributed by atoms with E-state index in [2.05, 4.69) is 36.9 Å². The molecule has 1 aliphatic heterocycles. The number of ether oxygens (including phenoxy) is 1. The van der Waals surface area contributed by atoms with Crippen LogP contribution in [-0.4, -0.2) is 143 Å². The van der Waals surface area contributed by atoms with E-state index in [0.717, 1.165) is 10.5 Å². The first kappa shape index (κ1) is 60.3. The minimum Gasteiger partial charge on any atom is -0.480 e. The number of methoxy groups -OCH3 is 1. The zero-order valence-electron chi connectivity index (χ0n) is 42.5. The minimum atomic E-state index is -1.87. The summed E-state index contributed by atoms with van der Waals surface area (Å²) in [6, 6.07) is -0.00974.